The molecule has 2 atom stereocenters. The molecule has 0 saturated carbocycles. The zero-order chi connectivity index (χ0) is 12.5. The Morgan fingerprint density at radius 2 is 1.67 bits per heavy atom. The van der Waals surface area contributed by atoms with Crippen molar-refractivity contribution >= 4 is 5.78 Å². The number of carbonyl (C=O) groups is 1. The second-order valence-corrected chi connectivity index (χ2v) is 6.41. The van der Waals surface area contributed by atoms with E-state index in [4.69, 9.17) is 0 Å². The number of rotatable bonds is 3. The first kappa shape index (κ1) is 12.6. The predicted molar refractivity (Wildman–Crippen MR) is 72.6 cm³/mol. The number of Topliss-reactive ketones (excluding diaryl/α,β-unsaturated/α-hetero) is 1. The van der Waals surface area contributed by atoms with Crippen molar-refractivity contribution in [2.45, 2.75) is 57.5 Å². The summed E-state index contributed by atoms with van der Waals surface area (Å²) in [4.78, 5) is 16.9. The van der Waals surface area contributed by atoms with E-state index in [-0.39, 0.29) is 0 Å². The summed E-state index contributed by atoms with van der Waals surface area (Å²) in [6, 6.07) is 1.20. The van der Waals surface area contributed by atoms with Crippen molar-refractivity contribution in [2.24, 2.45) is 5.92 Å². The molecule has 0 aromatic heterocycles. The van der Waals surface area contributed by atoms with Crippen molar-refractivity contribution in [3.8, 4) is 0 Å². The second kappa shape index (κ2) is 5.30. The van der Waals surface area contributed by atoms with Gasteiger partial charge in [0.25, 0.3) is 0 Å². The number of hydrogen-bond acceptors (Lipinski definition) is 3. The lowest BCUT2D eigenvalue weighted by molar-refractivity contribution is -0.123. The fourth-order valence-corrected chi connectivity index (χ4v) is 4.14. The number of fused-ring (bicyclic) bond motifs is 2. The molecular formula is C15H26N2O. The van der Waals surface area contributed by atoms with Gasteiger partial charge in [-0.25, -0.2) is 0 Å². The van der Waals surface area contributed by atoms with Gasteiger partial charge in [-0.15, -0.1) is 0 Å². The summed E-state index contributed by atoms with van der Waals surface area (Å²) < 4.78 is 0. The van der Waals surface area contributed by atoms with Crippen LogP contribution in [0.1, 0.15) is 45.4 Å². The fraction of sp³-hybridized carbons (Fsp3) is 0.933. The van der Waals surface area contributed by atoms with Gasteiger partial charge in [-0.2, -0.15) is 0 Å². The molecule has 0 N–H and O–H groups in total. The molecule has 3 heterocycles. The van der Waals surface area contributed by atoms with E-state index in [9.17, 15) is 4.79 Å². The number of likely N-dealkylation sites (tertiary alicyclic amines) is 1. The zero-order valence-corrected chi connectivity index (χ0v) is 11.6. The number of hydrogen-bond donors (Lipinski definition) is 0. The fourth-order valence-electron chi connectivity index (χ4n) is 4.14. The van der Waals surface area contributed by atoms with Crippen LogP contribution in [0.5, 0.6) is 0 Å². The molecule has 0 radical (unpaired) electrons. The molecule has 3 fully saturated rings. The largest absolute Gasteiger partial charge is 0.304 e. The van der Waals surface area contributed by atoms with E-state index >= 15 is 0 Å². The van der Waals surface area contributed by atoms with E-state index in [1.54, 1.807) is 0 Å². The highest BCUT2D eigenvalue weighted by Gasteiger charge is 2.40. The van der Waals surface area contributed by atoms with E-state index in [2.05, 4.69) is 16.7 Å². The number of piperidine rings is 2. The molecule has 18 heavy (non-hydrogen) atoms. The molecule has 3 nitrogen and oxygen atoms in total. The van der Waals surface area contributed by atoms with Crippen molar-refractivity contribution in [3.05, 3.63) is 0 Å². The van der Waals surface area contributed by atoms with E-state index in [0.29, 0.717) is 17.9 Å². The Bertz CT molecular complexity index is 294. The summed E-state index contributed by atoms with van der Waals surface area (Å²) in [7, 11) is 0. The van der Waals surface area contributed by atoms with Crippen LogP contribution in [0.3, 0.4) is 0 Å². The first-order valence-electron chi connectivity index (χ1n) is 7.76. The maximum Gasteiger partial charge on any atom is 0.136 e. The topological polar surface area (TPSA) is 23.6 Å². The summed E-state index contributed by atoms with van der Waals surface area (Å²) in [5, 5.41) is 0. The molecular weight excluding hydrogens is 224 g/mol. The first-order chi connectivity index (χ1) is 8.76. The van der Waals surface area contributed by atoms with Gasteiger partial charge in [0.05, 0.1) is 0 Å². The lowest BCUT2D eigenvalue weighted by atomic mass is 9.93. The highest BCUT2D eigenvalue weighted by Crippen LogP contribution is 2.35. The molecule has 0 spiro atoms. The predicted octanol–water partition coefficient (Wildman–Crippen LogP) is 1.91. The highest BCUT2D eigenvalue weighted by molar-refractivity contribution is 5.80. The Labute approximate surface area is 111 Å². The van der Waals surface area contributed by atoms with Crippen molar-refractivity contribution in [1.29, 1.82) is 0 Å². The molecule has 0 amide bonds. The highest BCUT2D eigenvalue weighted by atomic mass is 16.1. The summed E-state index contributed by atoms with van der Waals surface area (Å²) in [5.74, 6) is 1.39. The minimum absolute atomic E-state index is 0.513. The molecule has 0 aliphatic carbocycles. The normalized spacial score (nSPS) is 35.3. The van der Waals surface area contributed by atoms with E-state index < -0.39 is 0 Å². The standard InChI is InChI=1S/C15H26N2O/c1-2-16-7-5-12(6-8-16)11-17-13-3-4-14(17)10-15(18)9-13/h12-14H,2-11H2,1H3. The zero-order valence-electron chi connectivity index (χ0n) is 11.6. The van der Waals surface area contributed by atoms with Crippen LogP contribution in [-0.4, -0.2) is 53.8 Å². The average molecular weight is 250 g/mol. The third-order valence-corrected chi connectivity index (χ3v) is 5.32. The SMILES string of the molecule is CCN1CCC(CN2C3CCC2CC(=O)C3)CC1. The van der Waals surface area contributed by atoms with Gasteiger partial charge in [0, 0.05) is 31.5 Å². The van der Waals surface area contributed by atoms with Crippen LogP contribution < -0.4 is 0 Å². The molecule has 2 bridgehead atoms. The molecule has 3 saturated heterocycles. The number of carbonyl (C=O) groups excluding carboxylic acids is 1. The van der Waals surface area contributed by atoms with Gasteiger partial charge in [-0.3, -0.25) is 9.69 Å². The second-order valence-electron chi connectivity index (χ2n) is 6.41. The lowest BCUT2D eigenvalue weighted by Crippen LogP contribution is -2.47. The van der Waals surface area contributed by atoms with Crippen molar-refractivity contribution in [1.82, 2.24) is 9.80 Å². The smallest absolute Gasteiger partial charge is 0.136 e. The van der Waals surface area contributed by atoms with Crippen molar-refractivity contribution in [3.63, 3.8) is 0 Å². The van der Waals surface area contributed by atoms with Gasteiger partial charge >= 0.3 is 0 Å². The summed E-state index contributed by atoms with van der Waals surface area (Å²) in [6.07, 6.45) is 6.93. The molecule has 3 rings (SSSR count). The maximum atomic E-state index is 11.6. The minimum Gasteiger partial charge on any atom is -0.304 e. The Hall–Kier alpha value is -0.410. The van der Waals surface area contributed by atoms with Gasteiger partial charge in [0.2, 0.25) is 0 Å². The van der Waals surface area contributed by atoms with Crippen LogP contribution in [0.2, 0.25) is 0 Å². The van der Waals surface area contributed by atoms with Gasteiger partial charge in [0.15, 0.2) is 0 Å². The van der Waals surface area contributed by atoms with Gasteiger partial charge in [-0.05, 0) is 51.2 Å². The molecule has 3 aliphatic rings. The molecule has 0 aromatic rings. The summed E-state index contributed by atoms with van der Waals surface area (Å²) in [6.45, 7) is 7.29. The minimum atomic E-state index is 0.513. The lowest BCUT2D eigenvalue weighted by Gasteiger charge is -2.39. The summed E-state index contributed by atoms with van der Waals surface area (Å²) in [5.41, 5.74) is 0. The first-order valence-corrected chi connectivity index (χ1v) is 7.76. The van der Waals surface area contributed by atoms with Gasteiger partial charge in [-0.1, -0.05) is 6.92 Å². The molecule has 3 heteroatoms. The van der Waals surface area contributed by atoms with Crippen LogP contribution in [0.4, 0.5) is 0 Å². The van der Waals surface area contributed by atoms with E-state index in [1.807, 2.05) is 0 Å². The van der Waals surface area contributed by atoms with E-state index in [0.717, 1.165) is 18.8 Å². The Morgan fingerprint density at radius 3 is 2.22 bits per heavy atom. The van der Waals surface area contributed by atoms with Crippen LogP contribution in [0, 0.1) is 5.92 Å². The molecule has 3 aliphatic heterocycles. The third-order valence-electron chi connectivity index (χ3n) is 5.32. The monoisotopic (exact) mass is 250 g/mol. The van der Waals surface area contributed by atoms with Crippen LogP contribution in [-0.2, 0) is 4.79 Å². The molecule has 2 unspecified atom stereocenters. The molecule has 0 aromatic carbocycles. The number of ketones is 1. The third kappa shape index (κ3) is 2.48. The van der Waals surface area contributed by atoms with Crippen LogP contribution in [0.15, 0.2) is 0 Å². The van der Waals surface area contributed by atoms with Gasteiger partial charge < -0.3 is 4.90 Å². The Balaban J connectivity index is 1.53. The average Bonchev–Trinajstić information content (AvgIpc) is 2.62. The van der Waals surface area contributed by atoms with Crippen molar-refractivity contribution in [2.75, 3.05) is 26.2 Å². The quantitative estimate of drug-likeness (QED) is 0.764. The van der Waals surface area contributed by atoms with Crippen molar-refractivity contribution < 1.29 is 4.79 Å². The number of nitrogens with zero attached hydrogens (tertiary/aromatic N) is 2. The molecule has 102 valence electrons. The Morgan fingerprint density at radius 1 is 1.06 bits per heavy atom. The van der Waals surface area contributed by atoms with Gasteiger partial charge in [0.1, 0.15) is 5.78 Å². The Kier molecular flexibility index (Phi) is 3.71. The van der Waals surface area contributed by atoms with E-state index in [1.165, 1.54) is 51.9 Å². The maximum absolute atomic E-state index is 11.6. The van der Waals surface area contributed by atoms with Crippen LogP contribution >= 0.6 is 0 Å². The van der Waals surface area contributed by atoms with Crippen LogP contribution in [0.25, 0.3) is 0 Å². The summed E-state index contributed by atoms with van der Waals surface area (Å²) >= 11 is 0.